The fraction of sp³-hybridized carbons (Fsp3) is 0.826. The largest absolute Gasteiger partial charge is 0.390 e. The molecule has 5 aliphatic rings. The van der Waals surface area contributed by atoms with Gasteiger partial charge < -0.3 is 5.11 Å². The van der Waals surface area contributed by atoms with Gasteiger partial charge in [-0.2, -0.15) is 0 Å². The van der Waals surface area contributed by atoms with Gasteiger partial charge in [0.25, 0.3) is 0 Å². The third-order valence-corrected chi connectivity index (χ3v) is 12.7. The molecule has 3 heteroatoms. The van der Waals surface area contributed by atoms with Crippen molar-refractivity contribution >= 4 is 23.5 Å². The number of allylic oxidation sites excluding steroid dienone is 2. The molecule has 0 unspecified atom stereocenters. The van der Waals surface area contributed by atoms with Crippen LogP contribution in [-0.2, 0) is 0 Å². The van der Waals surface area contributed by atoms with E-state index in [0.717, 1.165) is 18.8 Å². The van der Waals surface area contributed by atoms with Crippen LogP contribution in [0.15, 0.2) is 23.8 Å². The highest BCUT2D eigenvalue weighted by Crippen LogP contribution is 2.70. The second kappa shape index (κ2) is 5.60. The Labute approximate surface area is 167 Å². The minimum atomic E-state index is -0.518. The Hall–Kier alpha value is 0.140. The Kier molecular flexibility index (Phi) is 3.92. The second-order valence-corrected chi connectivity index (χ2v) is 13.6. The molecule has 0 amide bonds. The summed E-state index contributed by atoms with van der Waals surface area (Å²) in [6, 6.07) is 0. The van der Waals surface area contributed by atoms with E-state index in [1.165, 1.54) is 49.2 Å². The fourth-order valence-electron chi connectivity index (χ4n) is 7.69. The maximum Gasteiger partial charge on any atom is 0.0795 e. The molecule has 4 aliphatic carbocycles. The van der Waals surface area contributed by atoms with Crippen LogP contribution in [0, 0.1) is 28.6 Å². The molecule has 1 saturated heterocycles. The van der Waals surface area contributed by atoms with Crippen molar-refractivity contribution in [3.05, 3.63) is 23.8 Å². The predicted octanol–water partition coefficient (Wildman–Crippen LogP) is 6.04. The number of thioether (sulfide) groups is 2. The molecule has 0 aromatic rings. The van der Waals surface area contributed by atoms with Crippen LogP contribution in [0.4, 0.5) is 0 Å². The van der Waals surface area contributed by atoms with Crippen molar-refractivity contribution in [2.75, 3.05) is 11.5 Å². The van der Waals surface area contributed by atoms with Crippen LogP contribution >= 0.6 is 23.5 Å². The quantitative estimate of drug-likeness (QED) is 0.509. The summed E-state index contributed by atoms with van der Waals surface area (Å²) >= 11 is 4.39. The van der Waals surface area contributed by atoms with Crippen molar-refractivity contribution in [1.29, 1.82) is 0 Å². The van der Waals surface area contributed by atoms with Gasteiger partial charge in [-0.25, -0.2) is 0 Å². The van der Waals surface area contributed by atoms with Crippen LogP contribution in [0.25, 0.3) is 0 Å². The lowest BCUT2D eigenvalue weighted by molar-refractivity contribution is -0.0966. The van der Waals surface area contributed by atoms with E-state index in [9.17, 15) is 5.11 Å². The lowest BCUT2D eigenvalue weighted by atomic mass is 9.45. The molecule has 26 heavy (non-hydrogen) atoms. The van der Waals surface area contributed by atoms with E-state index in [1.54, 1.807) is 5.57 Å². The first-order valence-corrected chi connectivity index (χ1v) is 12.6. The number of rotatable bonds is 0. The zero-order chi connectivity index (χ0) is 18.4. The Balaban J connectivity index is 1.53. The topological polar surface area (TPSA) is 20.2 Å². The molecule has 1 heterocycles. The minimum Gasteiger partial charge on any atom is -0.390 e. The highest BCUT2D eigenvalue weighted by atomic mass is 32.2. The molecule has 1 aliphatic heterocycles. The van der Waals surface area contributed by atoms with Gasteiger partial charge in [0, 0.05) is 16.9 Å². The van der Waals surface area contributed by atoms with E-state index in [1.807, 2.05) is 0 Å². The third kappa shape index (κ3) is 2.23. The predicted molar refractivity (Wildman–Crippen MR) is 114 cm³/mol. The standard InChI is InChI=1S/C23H34OS2/c1-15-13-21(3)18(7-8-22(21,4)24)17-6-5-16-14-23(25-11-12-26-23)10-9-20(16,2)19(15)17/h14,17-19,24H,1,5-13H2,2-4H3/t17-,18-,19-,20-,21-,22-/m0/s1. The van der Waals surface area contributed by atoms with Gasteiger partial charge in [0.15, 0.2) is 0 Å². The normalized spacial score (nSPS) is 52.4. The maximum absolute atomic E-state index is 11.1. The smallest absolute Gasteiger partial charge is 0.0795 e. The first kappa shape index (κ1) is 18.2. The molecule has 0 radical (unpaired) electrons. The molecule has 144 valence electrons. The van der Waals surface area contributed by atoms with E-state index >= 15 is 0 Å². The third-order valence-electron chi connectivity index (χ3n) is 9.30. The van der Waals surface area contributed by atoms with Crippen LogP contribution in [0.3, 0.4) is 0 Å². The summed E-state index contributed by atoms with van der Waals surface area (Å²) in [6.07, 6.45) is 11.2. The van der Waals surface area contributed by atoms with Crippen LogP contribution < -0.4 is 0 Å². The average Bonchev–Trinajstić information content (AvgIpc) is 3.11. The van der Waals surface area contributed by atoms with Gasteiger partial charge in [0.1, 0.15) is 0 Å². The summed E-state index contributed by atoms with van der Waals surface area (Å²) in [6.45, 7) is 11.7. The van der Waals surface area contributed by atoms with Gasteiger partial charge in [0.2, 0.25) is 0 Å². The number of fused-ring (bicyclic) bond motifs is 5. The maximum atomic E-state index is 11.1. The summed E-state index contributed by atoms with van der Waals surface area (Å²) < 4.78 is 0.392. The number of aliphatic hydroxyl groups is 1. The van der Waals surface area contributed by atoms with Gasteiger partial charge in [-0.1, -0.05) is 37.6 Å². The Morgan fingerprint density at radius 1 is 1.08 bits per heavy atom. The van der Waals surface area contributed by atoms with Crippen LogP contribution in [0.1, 0.15) is 65.7 Å². The van der Waals surface area contributed by atoms with Crippen molar-refractivity contribution in [3.63, 3.8) is 0 Å². The Morgan fingerprint density at radius 3 is 2.54 bits per heavy atom. The van der Waals surface area contributed by atoms with Gasteiger partial charge in [-0.15, -0.1) is 23.5 Å². The van der Waals surface area contributed by atoms with Gasteiger partial charge in [0.05, 0.1) is 9.68 Å². The van der Waals surface area contributed by atoms with Crippen LogP contribution in [0.2, 0.25) is 0 Å². The lowest BCUT2D eigenvalue weighted by Gasteiger charge is -2.60. The first-order valence-electron chi connectivity index (χ1n) is 10.6. The SMILES string of the molecule is C=C1C[C@@]2(C)[C@@H](CC[C@]2(C)O)[C@@H]2CCC3=CC4(CC[C@]3(C)[C@@H]12)SCCS4. The number of hydrogen-bond acceptors (Lipinski definition) is 3. The zero-order valence-electron chi connectivity index (χ0n) is 16.6. The van der Waals surface area contributed by atoms with Crippen molar-refractivity contribution in [1.82, 2.24) is 0 Å². The van der Waals surface area contributed by atoms with Crippen molar-refractivity contribution in [3.8, 4) is 0 Å². The molecule has 4 fully saturated rings. The molecule has 5 rings (SSSR count). The molecule has 6 atom stereocenters. The molecule has 1 nitrogen and oxygen atoms in total. The van der Waals surface area contributed by atoms with Crippen molar-refractivity contribution in [2.45, 2.75) is 75.4 Å². The first-order chi connectivity index (χ1) is 12.2. The summed E-state index contributed by atoms with van der Waals surface area (Å²) in [5.74, 6) is 4.69. The summed E-state index contributed by atoms with van der Waals surface area (Å²) in [5.41, 5.74) is 3.05. The molecule has 1 N–H and O–H groups in total. The van der Waals surface area contributed by atoms with Gasteiger partial charge in [-0.05, 0) is 75.0 Å². The van der Waals surface area contributed by atoms with Crippen molar-refractivity contribution in [2.24, 2.45) is 28.6 Å². The molecular formula is C23H34OS2. The van der Waals surface area contributed by atoms with E-state index in [2.05, 4.69) is 56.9 Å². The monoisotopic (exact) mass is 390 g/mol. The lowest BCUT2D eigenvalue weighted by Crippen LogP contribution is -2.55. The summed E-state index contributed by atoms with van der Waals surface area (Å²) in [7, 11) is 0. The van der Waals surface area contributed by atoms with Crippen LogP contribution in [-0.4, -0.2) is 26.3 Å². The molecular weight excluding hydrogens is 356 g/mol. The highest BCUT2D eigenvalue weighted by Gasteiger charge is 2.63. The van der Waals surface area contributed by atoms with Crippen molar-refractivity contribution < 1.29 is 5.11 Å². The Bertz CT molecular complexity index is 674. The second-order valence-electron chi connectivity index (χ2n) is 10.4. The molecule has 3 saturated carbocycles. The minimum absolute atomic E-state index is 0.0376. The van der Waals surface area contributed by atoms with E-state index in [4.69, 9.17) is 0 Å². The highest BCUT2D eigenvalue weighted by molar-refractivity contribution is 8.21. The van der Waals surface area contributed by atoms with E-state index < -0.39 is 5.60 Å². The molecule has 0 aromatic carbocycles. The van der Waals surface area contributed by atoms with E-state index in [0.29, 0.717) is 21.3 Å². The van der Waals surface area contributed by atoms with Gasteiger partial charge in [-0.3, -0.25) is 0 Å². The molecule has 1 spiro atoms. The summed E-state index contributed by atoms with van der Waals surface area (Å²) in [5, 5.41) is 11.1. The Morgan fingerprint density at radius 2 is 1.81 bits per heavy atom. The van der Waals surface area contributed by atoms with Crippen LogP contribution in [0.5, 0.6) is 0 Å². The molecule has 0 bridgehead atoms. The molecule has 0 aromatic heterocycles. The zero-order valence-corrected chi connectivity index (χ0v) is 18.3. The summed E-state index contributed by atoms with van der Waals surface area (Å²) in [4.78, 5) is 0. The van der Waals surface area contributed by atoms with Gasteiger partial charge >= 0.3 is 0 Å². The number of hydrogen-bond donors (Lipinski definition) is 1. The average molecular weight is 391 g/mol. The van der Waals surface area contributed by atoms with E-state index in [-0.39, 0.29) is 5.41 Å². The fourth-order valence-corrected chi connectivity index (χ4v) is 10.8.